The van der Waals surface area contributed by atoms with Crippen molar-refractivity contribution in [1.82, 2.24) is 4.72 Å². The van der Waals surface area contributed by atoms with Crippen molar-refractivity contribution in [3.8, 4) is 0 Å². The summed E-state index contributed by atoms with van der Waals surface area (Å²) in [7, 11) is -3.54. The third kappa shape index (κ3) is 4.34. The summed E-state index contributed by atoms with van der Waals surface area (Å²) >= 11 is 5.91. The van der Waals surface area contributed by atoms with Crippen molar-refractivity contribution in [3.63, 3.8) is 0 Å². The van der Waals surface area contributed by atoms with E-state index in [2.05, 4.69) is 4.72 Å². The first kappa shape index (κ1) is 18.0. The van der Waals surface area contributed by atoms with E-state index in [0.717, 1.165) is 16.7 Å². The summed E-state index contributed by atoms with van der Waals surface area (Å²) in [5.41, 5.74) is 2.36. The van der Waals surface area contributed by atoms with E-state index in [0.29, 0.717) is 16.5 Å². The fourth-order valence-corrected chi connectivity index (χ4v) is 4.02. The van der Waals surface area contributed by atoms with E-state index in [9.17, 15) is 8.42 Å². The number of hydrogen-bond donors (Lipinski definition) is 1. The lowest BCUT2D eigenvalue weighted by molar-refractivity contribution is 0.501. The van der Waals surface area contributed by atoms with Gasteiger partial charge in [0.2, 0.25) is 10.0 Å². The first-order valence-corrected chi connectivity index (χ1v) is 9.31. The maximum atomic E-state index is 12.6. The second kappa shape index (κ2) is 6.63. The third-order valence-electron chi connectivity index (χ3n) is 3.96. The highest BCUT2D eigenvalue weighted by Gasteiger charge is 2.25. The molecule has 5 heteroatoms. The van der Waals surface area contributed by atoms with Crippen molar-refractivity contribution in [2.24, 2.45) is 0 Å². The first-order chi connectivity index (χ1) is 10.6. The molecular formula is C18H22ClNO2S. The monoisotopic (exact) mass is 351 g/mol. The zero-order chi connectivity index (χ0) is 17.3. The molecule has 0 radical (unpaired) electrons. The smallest absolute Gasteiger partial charge is 0.210 e. The summed E-state index contributed by atoms with van der Waals surface area (Å²) in [5, 5.41) is 0.667. The molecule has 0 aliphatic rings. The van der Waals surface area contributed by atoms with Crippen LogP contribution in [0.1, 0.15) is 30.5 Å². The van der Waals surface area contributed by atoms with Gasteiger partial charge < -0.3 is 0 Å². The Hall–Kier alpha value is -1.36. The minimum absolute atomic E-state index is 0.310. The van der Waals surface area contributed by atoms with Crippen LogP contribution in [0, 0.1) is 13.8 Å². The van der Waals surface area contributed by atoms with E-state index < -0.39 is 10.0 Å². The Labute approximate surface area is 143 Å². The lowest BCUT2D eigenvalue weighted by Crippen LogP contribution is -2.36. The van der Waals surface area contributed by atoms with Crippen LogP contribution < -0.4 is 4.72 Å². The van der Waals surface area contributed by atoms with Gasteiger partial charge in [0.05, 0.1) is 4.90 Å². The molecule has 0 amide bonds. The van der Waals surface area contributed by atoms with Gasteiger partial charge in [0, 0.05) is 17.0 Å². The molecule has 23 heavy (non-hydrogen) atoms. The van der Waals surface area contributed by atoms with Crippen molar-refractivity contribution >= 4 is 21.6 Å². The second-order valence-corrected chi connectivity index (χ2v) is 8.66. The van der Waals surface area contributed by atoms with Crippen molar-refractivity contribution in [3.05, 3.63) is 64.2 Å². The summed E-state index contributed by atoms with van der Waals surface area (Å²) in [6.07, 6.45) is 0. The van der Waals surface area contributed by atoms with E-state index in [1.807, 2.05) is 57.2 Å². The number of rotatable bonds is 5. The number of sulfonamides is 1. The predicted molar refractivity (Wildman–Crippen MR) is 95.6 cm³/mol. The van der Waals surface area contributed by atoms with Gasteiger partial charge in [-0.1, -0.05) is 49.7 Å². The Balaban J connectivity index is 2.21. The van der Waals surface area contributed by atoms with Crippen molar-refractivity contribution in [2.45, 2.75) is 38.0 Å². The van der Waals surface area contributed by atoms with Crippen LogP contribution in [0.15, 0.2) is 47.4 Å². The Morgan fingerprint density at radius 1 is 1.04 bits per heavy atom. The van der Waals surface area contributed by atoms with Gasteiger partial charge >= 0.3 is 0 Å². The van der Waals surface area contributed by atoms with Gasteiger partial charge in [0.25, 0.3) is 0 Å². The molecule has 2 rings (SSSR count). The summed E-state index contributed by atoms with van der Waals surface area (Å²) in [6.45, 7) is 8.00. The molecule has 0 unspecified atom stereocenters. The largest absolute Gasteiger partial charge is 0.240 e. The molecule has 1 N–H and O–H groups in total. The molecule has 124 valence electrons. The lowest BCUT2D eigenvalue weighted by Gasteiger charge is -2.26. The molecule has 0 aromatic heterocycles. The van der Waals surface area contributed by atoms with Crippen LogP contribution in [0.5, 0.6) is 0 Å². The van der Waals surface area contributed by atoms with Crippen LogP contribution in [0.25, 0.3) is 0 Å². The van der Waals surface area contributed by atoms with Gasteiger partial charge in [-0.15, -0.1) is 0 Å². The zero-order valence-corrected chi connectivity index (χ0v) is 15.4. The number of halogens is 1. The summed E-state index contributed by atoms with van der Waals surface area (Å²) in [5.74, 6) is 0. The van der Waals surface area contributed by atoms with Crippen LogP contribution >= 0.6 is 11.6 Å². The van der Waals surface area contributed by atoms with Gasteiger partial charge in [-0.25, -0.2) is 13.1 Å². The Morgan fingerprint density at radius 3 is 2.26 bits per heavy atom. The van der Waals surface area contributed by atoms with Crippen LogP contribution in [0.2, 0.25) is 5.02 Å². The van der Waals surface area contributed by atoms with Gasteiger partial charge in [-0.2, -0.15) is 0 Å². The molecule has 0 saturated carbocycles. The van der Waals surface area contributed by atoms with Gasteiger partial charge in [0.15, 0.2) is 0 Å². The Kier molecular flexibility index (Phi) is 5.19. The van der Waals surface area contributed by atoms with Gasteiger partial charge in [-0.05, 0) is 48.7 Å². The highest BCUT2D eigenvalue weighted by Crippen LogP contribution is 2.25. The predicted octanol–water partition coefficient (Wildman–Crippen LogP) is 4.21. The van der Waals surface area contributed by atoms with Crippen molar-refractivity contribution in [1.29, 1.82) is 0 Å². The normalized spacial score (nSPS) is 12.4. The first-order valence-electron chi connectivity index (χ1n) is 7.45. The molecular weight excluding hydrogens is 330 g/mol. The molecule has 0 spiro atoms. The topological polar surface area (TPSA) is 46.2 Å². The van der Waals surface area contributed by atoms with E-state index in [1.54, 1.807) is 13.0 Å². The SMILES string of the molecule is Cc1ccc(C)c(S(=O)(=O)NCC(C)(C)c2ccc(Cl)cc2)c1. The van der Waals surface area contributed by atoms with E-state index in [1.165, 1.54) is 0 Å². The maximum absolute atomic E-state index is 12.6. The number of hydrogen-bond acceptors (Lipinski definition) is 2. The van der Waals surface area contributed by atoms with E-state index in [-0.39, 0.29) is 5.41 Å². The molecule has 0 fully saturated rings. The Morgan fingerprint density at radius 2 is 1.65 bits per heavy atom. The minimum Gasteiger partial charge on any atom is -0.210 e. The van der Waals surface area contributed by atoms with E-state index in [4.69, 9.17) is 11.6 Å². The highest BCUT2D eigenvalue weighted by molar-refractivity contribution is 7.89. The molecule has 0 aliphatic carbocycles. The fraction of sp³-hybridized carbons (Fsp3) is 0.333. The highest BCUT2D eigenvalue weighted by atomic mass is 35.5. The number of aryl methyl sites for hydroxylation is 2. The standard InChI is InChI=1S/C18H22ClNO2S/c1-13-5-6-14(2)17(11-13)23(21,22)20-12-18(3,4)15-7-9-16(19)10-8-15/h5-11,20H,12H2,1-4H3. The lowest BCUT2D eigenvalue weighted by atomic mass is 9.85. The molecule has 3 nitrogen and oxygen atoms in total. The minimum atomic E-state index is -3.54. The van der Waals surface area contributed by atoms with Crippen LogP contribution in [0.4, 0.5) is 0 Å². The van der Waals surface area contributed by atoms with Crippen molar-refractivity contribution < 1.29 is 8.42 Å². The van der Waals surface area contributed by atoms with Crippen molar-refractivity contribution in [2.75, 3.05) is 6.54 Å². The average Bonchev–Trinajstić information content (AvgIpc) is 2.48. The third-order valence-corrected chi connectivity index (χ3v) is 5.76. The average molecular weight is 352 g/mol. The zero-order valence-electron chi connectivity index (χ0n) is 13.9. The summed E-state index contributed by atoms with van der Waals surface area (Å²) in [4.78, 5) is 0.337. The quantitative estimate of drug-likeness (QED) is 0.876. The Bertz CT molecular complexity index is 796. The summed E-state index contributed by atoms with van der Waals surface area (Å²) in [6, 6.07) is 12.9. The fourth-order valence-electron chi connectivity index (χ4n) is 2.35. The van der Waals surface area contributed by atoms with Gasteiger partial charge in [0.1, 0.15) is 0 Å². The van der Waals surface area contributed by atoms with Crippen LogP contribution in [-0.4, -0.2) is 15.0 Å². The number of nitrogens with one attached hydrogen (secondary N) is 1. The molecule has 2 aromatic carbocycles. The maximum Gasteiger partial charge on any atom is 0.240 e. The molecule has 0 bridgehead atoms. The van der Waals surface area contributed by atoms with E-state index >= 15 is 0 Å². The van der Waals surface area contributed by atoms with Crippen LogP contribution in [-0.2, 0) is 15.4 Å². The van der Waals surface area contributed by atoms with Gasteiger partial charge in [-0.3, -0.25) is 0 Å². The molecule has 2 aromatic rings. The molecule has 0 saturated heterocycles. The summed E-state index contributed by atoms with van der Waals surface area (Å²) < 4.78 is 27.9. The molecule has 0 heterocycles. The molecule has 0 aliphatic heterocycles. The number of benzene rings is 2. The van der Waals surface area contributed by atoms with Crippen LogP contribution in [0.3, 0.4) is 0 Å². The molecule has 0 atom stereocenters. The second-order valence-electron chi connectivity index (χ2n) is 6.48.